The van der Waals surface area contributed by atoms with Crippen molar-refractivity contribution >= 4 is 12.0 Å². The van der Waals surface area contributed by atoms with E-state index < -0.39 is 11.5 Å². The molecule has 5 nitrogen and oxygen atoms in total. The summed E-state index contributed by atoms with van der Waals surface area (Å²) in [5.41, 5.74) is -0.989. The van der Waals surface area contributed by atoms with Gasteiger partial charge in [0.05, 0.1) is 0 Å². The largest absolute Gasteiger partial charge is 0.479 e. The van der Waals surface area contributed by atoms with Crippen molar-refractivity contribution in [1.29, 1.82) is 0 Å². The van der Waals surface area contributed by atoms with Crippen LogP contribution in [0.1, 0.15) is 65.2 Å². The number of carbonyl (C=O) groups is 2. The third-order valence-electron chi connectivity index (χ3n) is 4.93. The minimum atomic E-state index is -0.989. The van der Waals surface area contributed by atoms with Gasteiger partial charge in [-0.3, -0.25) is 0 Å². The van der Waals surface area contributed by atoms with Crippen molar-refractivity contribution in [2.24, 2.45) is 5.92 Å². The van der Waals surface area contributed by atoms with Crippen molar-refractivity contribution in [2.45, 2.75) is 76.8 Å². The first-order chi connectivity index (χ1) is 10.0. The van der Waals surface area contributed by atoms with Gasteiger partial charge in [0, 0.05) is 12.6 Å². The lowest BCUT2D eigenvalue weighted by Crippen LogP contribution is -2.57. The quantitative estimate of drug-likeness (QED) is 0.758. The topological polar surface area (TPSA) is 69.6 Å². The Morgan fingerprint density at radius 1 is 1.38 bits per heavy atom. The van der Waals surface area contributed by atoms with Crippen LogP contribution >= 0.6 is 0 Å². The maximum Gasteiger partial charge on any atom is 0.329 e. The van der Waals surface area contributed by atoms with Crippen LogP contribution in [0, 0.1) is 5.92 Å². The van der Waals surface area contributed by atoms with Crippen molar-refractivity contribution in [3.8, 4) is 0 Å². The number of rotatable bonds is 7. The zero-order valence-electron chi connectivity index (χ0n) is 13.2. The molecule has 0 radical (unpaired) electrons. The van der Waals surface area contributed by atoms with E-state index in [1.165, 1.54) is 12.8 Å². The molecule has 0 spiro atoms. The van der Waals surface area contributed by atoms with Gasteiger partial charge in [0.1, 0.15) is 5.54 Å². The van der Waals surface area contributed by atoms with E-state index in [1.807, 2.05) is 6.92 Å². The van der Waals surface area contributed by atoms with E-state index in [0.29, 0.717) is 19.4 Å². The Kier molecular flexibility index (Phi) is 5.12. The SMILES string of the molecule is CCCC1(C(=O)O)CCCN1C(=O)NC(CC)CC1CC1. The Morgan fingerprint density at radius 2 is 2.10 bits per heavy atom. The highest BCUT2D eigenvalue weighted by Gasteiger charge is 2.49. The van der Waals surface area contributed by atoms with Gasteiger partial charge in [0.15, 0.2) is 0 Å². The van der Waals surface area contributed by atoms with Crippen molar-refractivity contribution < 1.29 is 14.7 Å². The van der Waals surface area contributed by atoms with Gasteiger partial charge >= 0.3 is 12.0 Å². The number of carboxylic acid groups (broad SMARTS) is 1. The molecule has 5 heteroatoms. The molecule has 1 aliphatic heterocycles. The average Bonchev–Trinajstić information content (AvgIpc) is 3.15. The predicted molar refractivity (Wildman–Crippen MR) is 81.2 cm³/mol. The van der Waals surface area contributed by atoms with E-state index in [2.05, 4.69) is 12.2 Å². The summed E-state index contributed by atoms with van der Waals surface area (Å²) >= 11 is 0. The Bertz CT molecular complexity index is 395. The molecule has 2 amide bonds. The Labute approximate surface area is 127 Å². The van der Waals surface area contributed by atoms with Gasteiger partial charge in [-0.1, -0.05) is 33.1 Å². The van der Waals surface area contributed by atoms with Crippen LogP contribution in [0.5, 0.6) is 0 Å². The van der Waals surface area contributed by atoms with E-state index >= 15 is 0 Å². The first-order valence-corrected chi connectivity index (χ1v) is 8.35. The number of amides is 2. The number of carboxylic acids is 1. The molecule has 2 aliphatic rings. The summed E-state index contributed by atoms with van der Waals surface area (Å²) in [5.74, 6) is -0.0963. The lowest BCUT2D eigenvalue weighted by atomic mass is 9.91. The van der Waals surface area contributed by atoms with Crippen molar-refractivity contribution in [2.75, 3.05) is 6.54 Å². The molecule has 1 heterocycles. The van der Waals surface area contributed by atoms with Crippen LogP contribution in [0.4, 0.5) is 4.79 Å². The van der Waals surface area contributed by atoms with Crippen LogP contribution in [0.15, 0.2) is 0 Å². The van der Waals surface area contributed by atoms with E-state index in [9.17, 15) is 14.7 Å². The number of urea groups is 1. The minimum absolute atomic E-state index is 0.179. The van der Waals surface area contributed by atoms with Crippen LogP contribution < -0.4 is 5.32 Å². The second-order valence-corrected chi connectivity index (χ2v) is 6.58. The lowest BCUT2D eigenvalue weighted by Gasteiger charge is -2.35. The van der Waals surface area contributed by atoms with Gasteiger partial charge in [-0.2, -0.15) is 0 Å². The minimum Gasteiger partial charge on any atom is -0.479 e. The van der Waals surface area contributed by atoms with E-state index in [1.54, 1.807) is 4.90 Å². The third kappa shape index (κ3) is 3.50. The highest BCUT2D eigenvalue weighted by atomic mass is 16.4. The molecule has 0 aromatic heterocycles. The van der Waals surface area contributed by atoms with Crippen molar-refractivity contribution in [3.63, 3.8) is 0 Å². The summed E-state index contributed by atoms with van der Waals surface area (Å²) in [7, 11) is 0. The van der Waals surface area contributed by atoms with Crippen molar-refractivity contribution in [1.82, 2.24) is 10.2 Å². The lowest BCUT2D eigenvalue weighted by molar-refractivity contribution is -0.148. The number of aliphatic carboxylic acids is 1. The fraction of sp³-hybridized carbons (Fsp3) is 0.875. The molecule has 1 aliphatic carbocycles. The van der Waals surface area contributed by atoms with Crippen LogP contribution in [0.3, 0.4) is 0 Å². The first-order valence-electron chi connectivity index (χ1n) is 8.35. The highest BCUT2D eigenvalue weighted by molar-refractivity contribution is 5.87. The number of hydrogen-bond donors (Lipinski definition) is 2. The number of carbonyl (C=O) groups excluding carboxylic acids is 1. The van der Waals surface area contributed by atoms with Gasteiger partial charge in [0.25, 0.3) is 0 Å². The molecule has 0 aromatic carbocycles. The molecule has 2 atom stereocenters. The molecular weight excluding hydrogens is 268 g/mol. The number of nitrogens with one attached hydrogen (secondary N) is 1. The Balaban J connectivity index is 2.03. The second-order valence-electron chi connectivity index (χ2n) is 6.58. The summed E-state index contributed by atoms with van der Waals surface area (Å²) in [6, 6.07) is -0.00503. The van der Waals surface area contributed by atoms with E-state index in [4.69, 9.17) is 0 Å². The number of likely N-dealkylation sites (tertiary alicyclic amines) is 1. The summed E-state index contributed by atoms with van der Waals surface area (Å²) in [6.45, 7) is 4.60. The molecule has 0 aromatic rings. The molecule has 1 saturated heterocycles. The van der Waals surface area contributed by atoms with Crippen LogP contribution in [0.25, 0.3) is 0 Å². The molecule has 21 heavy (non-hydrogen) atoms. The smallest absolute Gasteiger partial charge is 0.329 e. The molecule has 2 fully saturated rings. The van der Waals surface area contributed by atoms with E-state index in [0.717, 1.165) is 31.6 Å². The summed E-state index contributed by atoms with van der Waals surface area (Å²) in [4.78, 5) is 25.9. The van der Waals surface area contributed by atoms with Gasteiger partial charge in [0.2, 0.25) is 0 Å². The number of hydrogen-bond acceptors (Lipinski definition) is 2. The normalized spacial score (nSPS) is 26.7. The second kappa shape index (κ2) is 6.67. The summed E-state index contributed by atoms with van der Waals surface area (Å²) in [5, 5.41) is 12.7. The third-order valence-corrected chi connectivity index (χ3v) is 4.93. The Morgan fingerprint density at radius 3 is 2.62 bits per heavy atom. The van der Waals surface area contributed by atoms with Crippen LogP contribution in [-0.2, 0) is 4.79 Å². The summed E-state index contributed by atoms with van der Waals surface area (Å²) in [6.07, 6.45) is 7.14. The standard InChI is InChI=1S/C16H28N2O3/c1-3-8-16(14(19)20)9-5-10-18(16)15(21)17-13(4-2)11-12-6-7-12/h12-13H,3-11H2,1-2H3,(H,17,21)(H,19,20). The van der Waals surface area contributed by atoms with Crippen LogP contribution in [-0.4, -0.2) is 40.1 Å². The van der Waals surface area contributed by atoms with Gasteiger partial charge in [-0.15, -0.1) is 0 Å². The van der Waals surface area contributed by atoms with Gasteiger partial charge in [-0.25, -0.2) is 9.59 Å². The van der Waals surface area contributed by atoms with Crippen molar-refractivity contribution in [3.05, 3.63) is 0 Å². The molecule has 0 bridgehead atoms. The zero-order valence-corrected chi connectivity index (χ0v) is 13.2. The van der Waals surface area contributed by atoms with E-state index in [-0.39, 0.29) is 12.1 Å². The molecule has 2 unspecified atom stereocenters. The summed E-state index contributed by atoms with van der Waals surface area (Å²) < 4.78 is 0. The Hall–Kier alpha value is -1.26. The first kappa shape index (κ1) is 16.1. The predicted octanol–water partition coefficient (Wildman–Crippen LogP) is 2.99. The average molecular weight is 296 g/mol. The van der Waals surface area contributed by atoms with Gasteiger partial charge < -0.3 is 15.3 Å². The monoisotopic (exact) mass is 296 g/mol. The zero-order chi connectivity index (χ0) is 15.5. The van der Waals surface area contributed by atoms with Gasteiger partial charge in [-0.05, 0) is 38.0 Å². The maximum absolute atomic E-state index is 12.6. The number of nitrogens with zero attached hydrogens (tertiary/aromatic N) is 1. The maximum atomic E-state index is 12.6. The molecule has 2 rings (SSSR count). The molecule has 120 valence electrons. The molecule has 2 N–H and O–H groups in total. The molecule has 1 saturated carbocycles. The highest BCUT2D eigenvalue weighted by Crippen LogP contribution is 2.36. The fourth-order valence-corrected chi connectivity index (χ4v) is 3.51. The molecular formula is C16H28N2O3. The van der Waals surface area contributed by atoms with Crippen LogP contribution in [0.2, 0.25) is 0 Å². The fourth-order valence-electron chi connectivity index (χ4n) is 3.51.